The van der Waals surface area contributed by atoms with Crippen molar-refractivity contribution < 1.29 is 14.0 Å². The number of benzene rings is 1. The van der Waals surface area contributed by atoms with Gasteiger partial charge in [-0.1, -0.05) is 6.92 Å². The number of thiazole rings is 1. The van der Waals surface area contributed by atoms with Gasteiger partial charge in [-0.3, -0.25) is 9.59 Å². The fourth-order valence-electron chi connectivity index (χ4n) is 3.87. The van der Waals surface area contributed by atoms with E-state index in [1.165, 1.54) is 17.0 Å². The summed E-state index contributed by atoms with van der Waals surface area (Å²) in [5, 5.41) is 3.89. The molecule has 2 heterocycles. The van der Waals surface area contributed by atoms with Crippen LogP contribution in [0.25, 0.3) is 0 Å². The second kappa shape index (κ2) is 8.49. The van der Waals surface area contributed by atoms with Crippen molar-refractivity contribution in [2.24, 2.45) is 5.92 Å². The van der Waals surface area contributed by atoms with Gasteiger partial charge in [0, 0.05) is 49.1 Å². The van der Waals surface area contributed by atoms with E-state index in [1.54, 1.807) is 23.5 Å². The summed E-state index contributed by atoms with van der Waals surface area (Å²) in [6.07, 6.45) is 2.80. The molecule has 2 amide bonds. The van der Waals surface area contributed by atoms with E-state index in [-0.39, 0.29) is 23.5 Å². The summed E-state index contributed by atoms with van der Waals surface area (Å²) in [4.78, 5) is 34.6. The van der Waals surface area contributed by atoms with Crippen LogP contribution in [0.2, 0.25) is 0 Å². The van der Waals surface area contributed by atoms with Gasteiger partial charge < -0.3 is 15.1 Å². The fraction of sp³-hybridized carbons (Fsp3) is 0.476. The molecule has 4 rings (SSSR count). The molecule has 1 aliphatic heterocycles. The Morgan fingerprint density at radius 1 is 1.21 bits per heavy atom. The zero-order valence-electron chi connectivity index (χ0n) is 16.5. The quantitative estimate of drug-likeness (QED) is 0.832. The number of piperazine rings is 1. The summed E-state index contributed by atoms with van der Waals surface area (Å²) in [6.45, 7) is 4.96. The van der Waals surface area contributed by atoms with E-state index in [0.717, 1.165) is 49.8 Å². The number of hydrogen-bond donors (Lipinski definition) is 1. The average molecular weight is 417 g/mol. The summed E-state index contributed by atoms with van der Waals surface area (Å²) in [5.74, 6) is -0.232. The maximum Gasteiger partial charge on any atom is 0.227 e. The lowest BCUT2D eigenvalue weighted by Crippen LogP contribution is -2.48. The first-order chi connectivity index (χ1) is 14.0. The molecule has 6 nitrogen and oxygen atoms in total. The summed E-state index contributed by atoms with van der Waals surface area (Å²) in [5.41, 5.74) is 1.72. The molecule has 1 fully saturated rings. The van der Waals surface area contributed by atoms with E-state index >= 15 is 0 Å². The van der Waals surface area contributed by atoms with Crippen molar-refractivity contribution >= 4 is 34.0 Å². The second-order valence-corrected chi connectivity index (χ2v) is 8.59. The number of anilines is 2. The van der Waals surface area contributed by atoms with Crippen LogP contribution in [0.4, 0.5) is 15.2 Å². The van der Waals surface area contributed by atoms with Gasteiger partial charge in [-0.05, 0) is 43.5 Å². The minimum Gasteiger partial charge on any atom is -0.345 e. The van der Waals surface area contributed by atoms with Gasteiger partial charge in [0.15, 0.2) is 5.13 Å². The number of aryl methyl sites for hydroxylation is 1. The maximum absolute atomic E-state index is 13.0. The molecule has 0 bridgehead atoms. The van der Waals surface area contributed by atoms with Gasteiger partial charge >= 0.3 is 0 Å². The molecule has 2 aliphatic rings. The average Bonchev–Trinajstić information content (AvgIpc) is 3.18. The first kappa shape index (κ1) is 19.8. The Balaban J connectivity index is 1.37. The predicted molar refractivity (Wildman–Crippen MR) is 112 cm³/mol. The third kappa shape index (κ3) is 4.42. The lowest BCUT2D eigenvalue weighted by Gasteiger charge is -2.34. The monoisotopic (exact) mass is 416 g/mol. The molecule has 1 aromatic heterocycles. The molecule has 154 valence electrons. The van der Waals surface area contributed by atoms with Crippen LogP contribution in [0.15, 0.2) is 24.3 Å². The van der Waals surface area contributed by atoms with Crippen LogP contribution in [0.5, 0.6) is 0 Å². The van der Waals surface area contributed by atoms with E-state index in [4.69, 9.17) is 4.98 Å². The van der Waals surface area contributed by atoms with Crippen LogP contribution in [0.1, 0.15) is 30.3 Å². The fourth-order valence-corrected chi connectivity index (χ4v) is 5.11. The first-order valence-electron chi connectivity index (χ1n) is 10.1. The zero-order valence-corrected chi connectivity index (χ0v) is 17.3. The number of fused-ring (bicyclic) bond motifs is 1. The highest BCUT2D eigenvalue weighted by molar-refractivity contribution is 7.15. The first-order valence-corrected chi connectivity index (χ1v) is 10.9. The van der Waals surface area contributed by atoms with E-state index < -0.39 is 0 Å². The van der Waals surface area contributed by atoms with Gasteiger partial charge in [0.1, 0.15) is 5.82 Å². The molecule has 1 aromatic carbocycles. The van der Waals surface area contributed by atoms with Crippen molar-refractivity contribution in [3.63, 3.8) is 0 Å². The third-order valence-corrected chi connectivity index (χ3v) is 6.80. The van der Waals surface area contributed by atoms with Gasteiger partial charge in [0.05, 0.1) is 5.69 Å². The summed E-state index contributed by atoms with van der Waals surface area (Å²) in [7, 11) is 0. The van der Waals surface area contributed by atoms with Crippen LogP contribution >= 0.6 is 11.3 Å². The van der Waals surface area contributed by atoms with Crippen LogP contribution < -0.4 is 10.2 Å². The molecule has 0 radical (unpaired) electrons. The van der Waals surface area contributed by atoms with E-state index in [9.17, 15) is 14.0 Å². The van der Waals surface area contributed by atoms with Gasteiger partial charge in [-0.25, -0.2) is 9.37 Å². The number of nitrogens with zero attached hydrogens (tertiary/aromatic N) is 3. The molecule has 1 unspecified atom stereocenters. The number of amides is 2. The van der Waals surface area contributed by atoms with Crippen molar-refractivity contribution in [2.45, 2.75) is 32.6 Å². The number of halogens is 1. The van der Waals surface area contributed by atoms with Crippen LogP contribution in [0.3, 0.4) is 0 Å². The number of rotatable bonds is 4. The van der Waals surface area contributed by atoms with Gasteiger partial charge in [0.25, 0.3) is 0 Å². The Labute approximate surface area is 173 Å². The number of carbonyl (C=O) groups excluding carboxylic acids is 2. The summed E-state index contributed by atoms with van der Waals surface area (Å²) in [6, 6.07) is 5.85. The molecule has 2 aromatic rings. The van der Waals surface area contributed by atoms with Crippen molar-refractivity contribution in [2.75, 3.05) is 36.4 Å². The molecule has 29 heavy (non-hydrogen) atoms. The SMILES string of the molecule is CCC(=O)N1CCN(c2nc3c(s2)CC(C(=O)Nc2ccc(F)cc2)CC3)CC1. The molecule has 0 saturated carbocycles. The van der Waals surface area contributed by atoms with Crippen molar-refractivity contribution in [3.05, 3.63) is 40.7 Å². The van der Waals surface area contributed by atoms with E-state index in [0.29, 0.717) is 18.5 Å². The molecule has 1 aliphatic carbocycles. The van der Waals surface area contributed by atoms with Crippen molar-refractivity contribution in [1.82, 2.24) is 9.88 Å². The minimum atomic E-state index is -0.317. The van der Waals surface area contributed by atoms with Crippen LogP contribution in [-0.4, -0.2) is 47.9 Å². The van der Waals surface area contributed by atoms with Gasteiger partial charge in [0.2, 0.25) is 11.8 Å². The third-order valence-electron chi connectivity index (χ3n) is 5.62. The predicted octanol–water partition coefficient (Wildman–Crippen LogP) is 3.08. The highest BCUT2D eigenvalue weighted by Gasteiger charge is 2.29. The van der Waals surface area contributed by atoms with Gasteiger partial charge in [-0.15, -0.1) is 11.3 Å². The number of nitrogens with one attached hydrogen (secondary N) is 1. The Morgan fingerprint density at radius 3 is 2.62 bits per heavy atom. The largest absolute Gasteiger partial charge is 0.345 e. The van der Waals surface area contributed by atoms with E-state index in [1.807, 2.05) is 11.8 Å². The topological polar surface area (TPSA) is 65.5 Å². The minimum absolute atomic E-state index is 0.0242. The molecular weight excluding hydrogens is 391 g/mol. The number of aromatic nitrogens is 1. The van der Waals surface area contributed by atoms with Crippen LogP contribution in [-0.2, 0) is 22.4 Å². The Kier molecular flexibility index (Phi) is 5.80. The molecule has 1 saturated heterocycles. The van der Waals surface area contributed by atoms with E-state index in [2.05, 4.69) is 10.2 Å². The Bertz CT molecular complexity index is 891. The number of hydrogen-bond acceptors (Lipinski definition) is 5. The molecule has 1 N–H and O–H groups in total. The zero-order chi connectivity index (χ0) is 20.4. The standard InChI is InChI=1S/C21H25FN4O2S/c1-2-19(27)25-9-11-26(12-10-25)21-24-17-8-3-14(13-18(17)29-21)20(28)23-16-6-4-15(22)5-7-16/h4-7,14H,2-3,8-13H2,1H3,(H,23,28). The lowest BCUT2D eigenvalue weighted by atomic mass is 9.90. The Morgan fingerprint density at radius 2 is 1.93 bits per heavy atom. The molecular formula is C21H25FN4O2S. The molecule has 1 atom stereocenters. The van der Waals surface area contributed by atoms with Gasteiger partial charge in [-0.2, -0.15) is 0 Å². The summed E-state index contributed by atoms with van der Waals surface area (Å²) < 4.78 is 13.0. The van der Waals surface area contributed by atoms with Crippen LogP contribution in [0, 0.1) is 11.7 Å². The van der Waals surface area contributed by atoms with Crippen molar-refractivity contribution in [3.8, 4) is 0 Å². The lowest BCUT2D eigenvalue weighted by molar-refractivity contribution is -0.131. The highest BCUT2D eigenvalue weighted by atomic mass is 32.1. The highest BCUT2D eigenvalue weighted by Crippen LogP contribution is 2.35. The molecule has 8 heteroatoms. The smallest absolute Gasteiger partial charge is 0.227 e. The Hall–Kier alpha value is -2.48. The van der Waals surface area contributed by atoms with Crippen molar-refractivity contribution in [1.29, 1.82) is 0 Å². The summed E-state index contributed by atoms with van der Waals surface area (Å²) >= 11 is 1.67. The normalized spacial score (nSPS) is 19.0. The maximum atomic E-state index is 13.0. The second-order valence-electron chi connectivity index (χ2n) is 7.52. The molecule has 0 spiro atoms. The number of carbonyl (C=O) groups is 2.